The fraction of sp³-hybridized carbons (Fsp3) is 0. The number of rotatable bonds is 1. The predicted molar refractivity (Wildman–Crippen MR) is 55.1 cm³/mol. The van der Waals surface area contributed by atoms with Crippen LogP contribution in [0.4, 0.5) is 8.78 Å². The Morgan fingerprint density at radius 1 is 0.688 bits per heavy atom. The molecule has 82 valence electrons. The number of halogens is 2. The van der Waals surface area contributed by atoms with Crippen molar-refractivity contribution in [3.63, 3.8) is 0 Å². The third-order valence-corrected chi connectivity index (χ3v) is 2.23. The van der Waals surface area contributed by atoms with Crippen molar-refractivity contribution in [1.82, 2.24) is 0 Å². The first kappa shape index (κ1) is 10.4. The highest BCUT2D eigenvalue weighted by atomic mass is 19.1. The highest BCUT2D eigenvalue weighted by molar-refractivity contribution is 5.65. The Kier molecular flexibility index (Phi) is 2.48. The molecule has 0 spiro atoms. The molecule has 16 heavy (non-hydrogen) atoms. The maximum absolute atomic E-state index is 13.1. The molecule has 4 heteroatoms. The van der Waals surface area contributed by atoms with E-state index in [0.29, 0.717) is 11.1 Å². The number of phenols is 2. The van der Waals surface area contributed by atoms with Crippen molar-refractivity contribution < 1.29 is 19.0 Å². The van der Waals surface area contributed by atoms with Crippen molar-refractivity contribution >= 4 is 0 Å². The summed E-state index contributed by atoms with van der Waals surface area (Å²) in [6.45, 7) is 0. The molecule has 0 aliphatic heterocycles. The Bertz CT molecular complexity index is 489. The summed E-state index contributed by atoms with van der Waals surface area (Å²) in [7, 11) is 0. The summed E-state index contributed by atoms with van der Waals surface area (Å²) < 4.78 is 26.1. The van der Waals surface area contributed by atoms with Crippen LogP contribution in [0.3, 0.4) is 0 Å². The lowest BCUT2D eigenvalue weighted by Gasteiger charge is -2.04. The zero-order valence-corrected chi connectivity index (χ0v) is 8.11. The average molecular weight is 222 g/mol. The number of hydrogen-bond donors (Lipinski definition) is 2. The van der Waals surface area contributed by atoms with E-state index in [4.69, 9.17) is 10.2 Å². The van der Waals surface area contributed by atoms with Crippen LogP contribution in [0.5, 0.6) is 11.5 Å². The van der Waals surface area contributed by atoms with Crippen LogP contribution in [0.15, 0.2) is 36.4 Å². The fourth-order valence-electron chi connectivity index (χ4n) is 1.37. The van der Waals surface area contributed by atoms with Crippen LogP contribution < -0.4 is 0 Å². The molecular weight excluding hydrogens is 214 g/mol. The molecule has 0 aliphatic carbocycles. The number of aromatic hydroxyl groups is 2. The van der Waals surface area contributed by atoms with Gasteiger partial charge in [-0.2, -0.15) is 0 Å². The van der Waals surface area contributed by atoms with Gasteiger partial charge in [0.25, 0.3) is 0 Å². The molecule has 2 nitrogen and oxygen atoms in total. The standard InChI is InChI=1S/C12H8F2O2/c13-9-5-7(1-3-11(9)15)8-2-4-12(16)10(14)6-8/h1-6,15-16H. The van der Waals surface area contributed by atoms with Gasteiger partial charge in [0.2, 0.25) is 0 Å². The van der Waals surface area contributed by atoms with E-state index in [0.717, 1.165) is 12.1 Å². The summed E-state index contributed by atoms with van der Waals surface area (Å²) >= 11 is 0. The Morgan fingerprint density at radius 2 is 1.06 bits per heavy atom. The van der Waals surface area contributed by atoms with E-state index in [1.807, 2.05) is 0 Å². The molecule has 2 aromatic carbocycles. The second-order valence-electron chi connectivity index (χ2n) is 3.33. The lowest BCUT2D eigenvalue weighted by atomic mass is 10.1. The molecule has 2 N–H and O–H groups in total. The molecule has 0 aliphatic rings. The number of benzene rings is 2. The third-order valence-electron chi connectivity index (χ3n) is 2.23. The first-order valence-corrected chi connectivity index (χ1v) is 4.55. The Balaban J connectivity index is 2.50. The number of hydrogen-bond acceptors (Lipinski definition) is 2. The van der Waals surface area contributed by atoms with Crippen LogP contribution in [-0.2, 0) is 0 Å². The summed E-state index contributed by atoms with van der Waals surface area (Å²) in [5, 5.41) is 18.0. The van der Waals surface area contributed by atoms with Gasteiger partial charge in [-0.25, -0.2) is 8.78 Å². The monoisotopic (exact) mass is 222 g/mol. The molecule has 0 bridgehead atoms. The van der Waals surface area contributed by atoms with Gasteiger partial charge in [0.15, 0.2) is 23.1 Å². The van der Waals surface area contributed by atoms with Gasteiger partial charge in [-0.3, -0.25) is 0 Å². The molecule has 0 fully saturated rings. The zero-order chi connectivity index (χ0) is 11.7. The van der Waals surface area contributed by atoms with Gasteiger partial charge in [0.1, 0.15) is 0 Å². The molecule has 0 atom stereocenters. The third kappa shape index (κ3) is 1.82. The summed E-state index contributed by atoms with van der Waals surface area (Å²) in [5.74, 6) is -2.46. The minimum atomic E-state index is -0.772. The summed E-state index contributed by atoms with van der Waals surface area (Å²) in [5.41, 5.74) is 0.850. The maximum atomic E-state index is 13.1. The second kappa shape index (κ2) is 3.81. The van der Waals surface area contributed by atoms with Gasteiger partial charge in [-0.05, 0) is 35.4 Å². The first-order chi connectivity index (χ1) is 7.58. The number of phenolic OH excluding ortho intramolecular Hbond substituents is 2. The van der Waals surface area contributed by atoms with Gasteiger partial charge in [-0.1, -0.05) is 12.1 Å². The van der Waals surface area contributed by atoms with Crippen molar-refractivity contribution in [2.24, 2.45) is 0 Å². The highest BCUT2D eigenvalue weighted by Gasteiger charge is 2.06. The quantitative estimate of drug-likeness (QED) is 0.778. The van der Waals surface area contributed by atoms with Crippen molar-refractivity contribution in [2.45, 2.75) is 0 Å². The van der Waals surface area contributed by atoms with Crippen LogP contribution in [0.25, 0.3) is 11.1 Å². The Hall–Kier alpha value is -2.10. The van der Waals surface area contributed by atoms with Gasteiger partial charge >= 0.3 is 0 Å². The minimum absolute atomic E-state index is 0.425. The van der Waals surface area contributed by atoms with E-state index in [-0.39, 0.29) is 0 Å². The highest BCUT2D eigenvalue weighted by Crippen LogP contribution is 2.27. The molecule has 0 radical (unpaired) electrons. The van der Waals surface area contributed by atoms with E-state index < -0.39 is 23.1 Å². The maximum Gasteiger partial charge on any atom is 0.165 e. The summed E-state index contributed by atoms with van der Waals surface area (Å²) in [6, 6.07) is 7.50. The molecular formula is C12H8F2O2. The van der Waals surface area contributed by atoms with E-state index in [9.17, 15) is 8.78 Å². The normalized spacial score (nSPS) is 10.4. The van der Waals surface area contributed by atoms with Gasteiger partial charge in [-0.15, -0.1) is 0 Å². The topological polar surface area (TPSA) is 40.5 Å². The SMILES string of the molecule is Oc1ccc(-c2ccc(O)c(F)c2)cc1F. The van der Waals surface area contributed by atoms with Crippen LogP contribution in [0.1, 0.15) is 0 Å². The molecule has 2 rings (SSSR count). The molecule has 0 amide bonds. The van der Waals surface area contributed by atoms with Crippen LogP contribution in [0, 0.1) is 11.6 Å². The van der Waals surface area contributed by atoms with Crippen LogP contribution in [0.2, 0.25) is 0 Å². The minimum Gasteiger partial charge on any atom is -0.505 e. The first-order valence-electron chi connectivity index (χ1n) is 4.55. The fourth-order valence-corrected chi connectivity index (χ4v) is 1.37. The molecule has 0 unspecified atom stereocenters. The van der Waals surface area contributed by atoms with Gasteiger partial charge in [0, 0.05) is 0 Å². The lowest BCUT2D eigenvalue weighted by Crippen LogP contribution is -1.83. The Morgan fingerprint density at radius 3 is 1.38 bits per heavy atom. The van der Waals surface area contributed by atoms with Crippen LogP contribution in [-0.4, -0.2) is 10.2 Å². The smallest absolute Gasteiger partial charge is 0.165 e. The van der Waals surface area contributed by atoms with Gasteiger partial charge < -0.3 is 10.2 Å². The molecule has 0 saturated carbocycles. The molecule has 0 heterocycles. The largest absolute Gasteiger partial charge is 0.505 e. The van der Waals surface area contributed by atoms with Crippen molar-refractivity contribution in [1.29, 1.82) is 0 Å². The lowest BCUT2D eigenvalue weighted by molar-refractivity contribution is 0.432. The van der Waals surface area contributed by atoms with Crippen molar-refractivity contribution in [2.75, 3.05) is 0 Å². The summed E-state index contributed by atoms with van der Waals surface area (Å²) in [4.78, 5) is 0. The molecule has 0 saturated heterocycles. The average Bonchev–Trinajstić information content (AvgIpc) is 2.26. The van der Waals surface area contributed by atoms with Gasteiger partial charge in [0.05, 0.1) is 0 Å². The van der Waals surface area contributed by atoms with Crippen molar-refractivity contribution in [3.8, 4) is 22.6 Å². The molecule has 0 aromatic heterocycles. The van der Waals surface area contributed by atoms with Crippen LogP contribution >= 0.6 is 0 Å². The summed E-state index contributed by atoms with van der Waals surface area (Å²) in [6.07, 6.45) is 0. The van der Waals surface area contributed by atoms with E-state index in [1.54, 1.807) is 0 Å². The zero-order valence-electron chi connectivity index (χ0n) is 8.11. The molecule has 2 aromatic rings. The van der Waals surface area contributed by atoms with E-state index in [1.165, 1.54) is 24.3 Å². The second-order valence-corrected chi connectivity index (χ2v) is 3.33. The van der Waals surface area contributed by atoms with E-state index in [2.05, 4.69) is 0 Å². The van der Waals surface area contributed by atoms with Crippen molar-refractivity contribution in [3.05, 3.63) is 48.0 Å². The Labute approximate surface area is 90.4 Å². The predicted octanol–water partition coefficient (Wildman–Crippen LogP) is 3.04. The van der Waals surface area contributed by atoms with E-state index >= 15 is 0 Å².